The fraction of sp³-hybridized carbons (Fsp3) is 0.545. The minimum Gasteiger partial charge on any atom is -0.312 e. The average molecular weight is 231 g/mol. The van der Waals surface area contributed by atoms with Crippen molar-refractivity contribution in [2.24, 2.45) is 0 Å². The van der Waals surface area contributed by atoms with Crippen LogP contribution in [0.15, 0.2) is 12.3 Å². The van der Waals surface area contributed by atoms with E-state index in [9.17, 15) is 4.39 Å². The third-order valence-corrected chi connectivity index (χ3v) is 2.78. The van der Waals surface area contributed by atoms with E-state index in [4.69, 9.17) is 0 Å². The standard InChI is InChI=1S/C11H15FN2.ClH/c1-7(13-2)11-10(12)5-9(6-14-11)8-3-4-8;/h5-8,13H,3-4H2,1-2H3;1H. The molecule has 0 radical (unpaired) electrons. The summed E-state index contributed by atoms with van der Waals surface area (Å²) in [5.74, 6) is 0.382. The van der Waals surface area contributed by atoms with E-state index in [-0.39, 0.29) is 24.3 Å². The van der Waals surface area contributed by atoms with Crippen LogP contribution in [0, 0.1) is 5.82 Å². The lowest BCUT2D eigenvalue weighted by atomic mass is 10.1. The molecule has 1 aliphatic carbocycles. The fourth-order valence-corrected chi connectivity index (χ4v) is 1.56. The van der Waals surface area contributed by atoms with Crippen LogP contribution >= 0.6 is 12.4 Å². The van der Waals surface area contributed by atoms with Crippen molar-refractivity contribution in [3.63, 3.8) is 0 Å². The Hall–Kier alpha value is -0.670. The van der Waals surface area contributed by atoms with E-state index in [0.29, 0.717) is 11.6 Å². The normalized spacial score (nSPS) is 17.0. The lowest BCUT2D eigenvalue weighted by Gasteiger charge is -2.11. The van der Waals surface area contributed by atoms with Gasteiger partial charge >= 0.3 is 0 Å². The molecule has 1 heterocycles. The van der Waals surface area contributed by atoms with E-state index in [1.807, 2.05) is 13.1 Å². The predicted molar refractivity (Wildman–Crippen MR) is 60.9 cm³/mol. The summed E-state index contributed by atoms with van der Waals surface area (Å²) in [6.07, 6.45) is 4.17. The third kappa shape index (κ3) is 2.67. The summed E-state index contributed by atoms with van der Waals surface area (Å²) >= 11 is 0. The molecule has 1 fully saturated rings. The summed E-state index contributed by atoms with van der Waals surface area (Å²) in [6.45, 7) is 1.90. The van der Waals surface area contributed by atoms with Gasteiger partial charge in [0.1, 0.15) is 5.82 Å². The largest absolute Gasteiger partial charge is 0.312 e. The number of hydrogen-bond acceptors (Lipinski definition) is 2. The SMILES string of the molecule is CNC(C)c1ncc(C2CC2)cc1F.Cl. The van der Waals surface area contributed by atoms with Crippen LogP contribution < -0.4 is 5.32 Å². The van der Waals surface area contributed by atoms with E-state index >= 15 is 0 Å². The summed E-state index contributed by atoms with van der Waals surface area (Å²) in [5, 5.41) is 2.98. The Labute approximate surface area is 95.7 Å². The molecule has 1 aromatic heterocycles. The Morgan fingerprint density at radius 3 is 2.67 bits per heavy atom. The molecule has 1 aromatic rings. The molecule has 0 aromatic carbocycles. The van der Waals surface area contributed by atoms with Gasteiger partial charge in [-0.15, -0.1) is 12.4 Å². The Balaban J connectivity index is 0.00000112. The smallest absolute Gasteiger partial charge is 0.146 e. The molecule has 1 unspecified atom stereocenters. The van der Waals surface area contributed by atoms with Gasteiger partial charge in [-0.05, 0) is 44.4 Å². The summed E-state index contributed by atoms with van der Waals surface area (Å²) in [5.41, 5.74) is 1.56. The highest BCUT2D eigenvalue weighted by molar-refractivity contribution is 5.85. The van der Waals surface area contributed by atoms with Gasteiger partial charge in [-0.2, -0.15) is 0 Å². The van der Waals surface area contributed by atoms with Crippen molar-refractivity contribution in [3.05, 3.63) is 29.3 Å². The van der Waals surface area contributed by atoms with Gasteiger partial charge in [0.15, 0.2) is 0 Å². The van der Waals surface area contributed by atoms with Gasteiger partial charge in [0.2, 0.25) is 0 Å². The number of rotatable bonds is 3. The molecular formula is C11H16ClFN2. The zero-order valence-electron chi connectivity index (χ0n) is 8.96. The first-order valence-corrected chi connectivity index (χ1v) is 5.05. The van der Waals surface area contributed by atoms with E-state index in [1.165, 1.54) is 12.8 Å². The van der Waals surface area contributed by atoms with E-state index in [1.54, 1.807) is 13.1 Å². The highest BCUT2D eigenvalue weighted by atomic mass is 35.5. The van der Waals surface area contributed by atoms with Crippen LogP contribution in [0.3, 0.4) is 0 Å². The van der Waals surface area contributed by atoms with Gasteiger partial charge in [-0.3, -0.25) is 4.98 Å². The van der Waals surface area contributed by atoms with Crippen LogP contribution in [0.1, 0.15) is 43.0 Å². The molecule has 2 nitrogen and oxygen atoms in total. The second-order valence-corrected chi connectivity index (χ2v) is 3.92. The maximum Gasteiger partial charge on any atom is 0.146 e. The number of nitrogens with zero attached hydrogens (tertiary/aromatic N) is 1. The van der Waals surface area contributed by atoms with Crippen LogP contribution in [-0.4, -0.2) is 12.0 Å². The maximum absolute atomic E-state index is 13.6. The van der Waals surface area contributed by atoms with Crippen molar-refractivity contribution in [2.75, 3.05) is 7.05 Å². The first-order chi connectivity index (χ1) is 6.72. The van der Waals surface area contributed by atoms with Crippen molar-refractivity contribution in [1.29, 1.82) is 0 Å². The molecule has 0 saturated heterocycles. The monoisotopic (exact) mass is 230 g/mol. The molecule has 84 valence electrons. The Kier molecular flexibility index (Phi) is 4.05. The Morgan fingerprint density at radius 1 is 1.53 bits per heavy atom. The van der Waals surface area contributed by atoms with Crippen LogP contribution in [0.4, 0.5) is 4.39 Å². The first kappa shape index (κ1) is 12.4. The van der Waals surface area contributed by atoms with Crippen LogP contribution in [0.5, 0.6) is 0 Å². The molecule has 0 amide bonds. The second-order valence-electron chi connectivity index (χ2n) is 3.92. The summed E-state index contributed by atoms with van der Waals surface area (Å²) in [7, 11) is 1.81. The Bertz CT molecular complexity index is 339. The number of hydrogen-bond donors (Lipinski definition) is 1. The van der Waals surface area contributed by atoms with E-state index in [0.717, 1.165) is 5.56 Å². The predicted octanol–water partition coefficient (Wildman–Crippen LogP) is 2.80. The minimum absolute atomic E-state index is 0. The first-order valence-electron chi connectivity index (χ1n) is 5.05. The number of aromatic nitrogens is 1. The number of nitrogens with one attached hydrogen (secondary N) is 1. The summed E-state index contributed by atoms with van der Waals surface area (Å²) < 4.78 is 13.6. The highest BCUT2D eigenvalue weighted by Crippen LogP contribution is 2.40. The van der Waals surface area contributed by atoms with Gasteiger partial charge in [-0.25, -0.2) is 4.39 Å². The van der Waals surface area contributed by atoms with Gasteiger partial charge in [0.25, 0.3) is 0 Å². The zero-order valence-corrected chi connectivity index (χ0v) is 9.77. The van der Waals surface area contributed by atoms with Gasteiger partial charge < -0.3 is 5.32 Å². The van der Waals surface area contributed by atoms with Crippen molar-refractivity contribution >= 4 is 12.4 Å². The maximum atomic E-state index is 13.6. The second kappa shape index (κ2) is 4.90. The molecular weight excluding hydrogens is 215 g/mol. The molecule has 0 spiro atoms. The molecule has 0 aliphatic heterocycles. The molecule has 1 N–H and O–H groups in total. The molecule has 15 heavy (non-hydrogen) atoms. The van der Waals surface area contributed by atoms with Crippen LogP contribution in [0.25, 0.3) is 0 Å². The lowest BCUT2D eigenvalue weighted by Crippen LogP contribution is -2.15. The minimum atomic E-state index is -0.184. The molecule has 1 saturated carbocycles. The quantitative estimate of drug-likeness (QED) is 0.864. The average Bonchev–Trinajstić information content (AvgIpc) is 3.00. The van der Waals surface area contributed by atoms with Gasteiger partial charge in [0.05, 0.1) is 5.69 Å². The third-order valence-electron chi connectivity index (χ3n) is 2.78. The van der Waals surface area contributed by atoms with Crippen LogP contribution in [-0.2, 0) is 0 Å². The van der Waals surface area contributed by atoms with Crippen LogP contribution in [0.2, 0.25) is 0 Å². The molecule has 1 aliphatic rings. The van der Waals surface area contributed by atoms with E-state index in [2.05, 4.69) is 10.3 Å². The summed E-state index contributed by atoms with van der Waals surface area (Å²) in [6, 6.07) is 1.61. The topological polar surface area (TPSA) is 24.9 Å². The van der Waals surface area contributed by atoms with Crippen molar-refractivity contribution < 1.29 is 4.39 Å². The lowest BCUT2D eigenvalue weighted by molar-refractivity contribution is 0.542. The number of pyridine rings is 1. The van der Waals surface area contributed by atoms with Crippen molar-refractivity contribution in [3.8, 4) is 0 Å². The molecule has 1 atom stereocenters. The van der Waals surface area contributed by atoms with Crippen molar-refractivity contribution in [1.82, 2.24) is 10.3 Å². The zero-order chi connectivity index (χ0) is 10.1. The highest BCUT2D eigenvalue weighted by Gasteiger charge is 2.25. The fourth-order valence-electron chi connectivity index (χ4n) is 1.56. The molecule has 0 bridgehead atoms. The van der Waals surface area contributed by atoms with Gasteiger partial charge in [0, 0.05) is 12.2 Å². The van der Waals surface area contributed by atoms with Crippen molar-refractivity contribution in [2.45, 2.75) is 31.7 Å². The Morgan fingerprint density at radius 2 is 2.20 bits per heavy atom. The molecule has 2 rings (SSSR count). The van der Waals surface area contributed by atoms with Gasteiger partial charge in [-0.1, -0.05) is 0 Å². The molecule has 4 heteroatoms. The summed E-state index contributed by atoms with van der Waals surface area (Å²) in [4.78, 5) is 4.17. The number of halogens is 2. The van der Waals surface area contributed by atoms with E-state index < -0.39 is 0 Å².